The van der Waals surface area contributed by atoms with Gasteiger partial charge < -0.3 is 20.7 Å². The molecule has 0 saturated carbocycles. The van der Waals surface area contributed by atoms with Crippen LogP contribution < -0.4 is 16.0 Å². The first kappa shape index (κ1) is 13.5. The van der Waals surface area contributed by atoms with Gasteiger partial charge in [0.1, 0.15) is 24.3 Å². The number of anilines is 2. The van der Waals surface area contributed by atoms with E-state index >= 15 is 0 Å². The molecule has 7 heteroatoms. The molecule has 0 spiro atoms. The summed E-state index contributed by atoms with van der Waals surface area (Å²) in [5.74, 6) is 1.62. The van der Waals surface area contributed by atoms with Crippen molar-refractivity contribution in [1.29, 1.82) is 0 Å². The van der Waals surface area contributed by atoms with Crippen LogP contribution in [-0.2, 0) is 16.1 Å². The highest BCUT2D eigenvalue weighted by molar-refractivity contribution is 5.86. The number of amides is 1. The molecule has 19 heavy (non-hydrogen) atoms. The number of rotatable bonds is 4. The third kappa shape index (κ3) is 2.93. The molecule has 3 N–H and O–H groups in total. The van der Waals surface area contributed by atoms with Gasteiger partial charge in [-0.25, -0.2) is 9.97 Å². The van der Waals surface area contributed by atoms with Crippen molar-refractivity contribution >= 4 is 17.5 Å². The summed E-state index contributed by atoms with van der Waals surface area (Å²) in [6.07, 6.45) is 0.718. The Morgan fingerprint density at radius 3 is 3.05 bits per heavy atom. The second kappa shape index (κ2) is 5.83. The van der Waals surface area contributed by atoms with E-state index < -0.39 is 0 Å². The first-order valence-corrected chi connectivity index (χ1v) is 6.32. The molecular formula is C12H19N5O2. The van der Waals surface area contributed by atoms with Crippen LogP contribution in [0.25, 0.3) is 0 Å². The van der Waals surface area contributed by atoms with Gasteiger partial charge >= 0.3 is 0 Å². The van der Waals surface area contributed by atoms with Crippen molar-refractivity contribution in [3.05, 3.63) is 11.9 Å². The van der Waals surface area contributed by atoms with E-state index in [1.165, 1.54) is 0 Å². The summed E-state index contributed by atoms with van der Waals surface area (Å²) >= 11 is 0. The molecule has 0 aromatic carbocycles. The van der Waals surface area contributed by atoms with Crippen molar-refractivity contribution < 1.29 is 9.53 Å². The third-order valence-corrected chi connectivity index (χ3v) is 3.06. The standard InChI is InChI=1S/C12H19N5O2/c1-3-8-12(18)14-4-5-17(8)11-6-9(13)15-10(16-11)7-19-2/h6,8H,3-5,7H2,1-2H3,(H,14,18)(H2,13,15,16). The molecule has 1 unspecified atom stereocenters. The van der Waals surface area contributed by atoms with Gasteiger partial charge in [-0.1, -0.05) is 6.92 Å². The number of nitrogens with one attached hydrogen (secondary N) is 1. The average Bonchev–Trinajstić information content (AvgIpc) is 2.38. The quantitative estimate of drug-likeness (QED) is 0.791. The predicted molar refractivity (Wildman–Crippen MR) is 71.6 cm³/mol. The molecule has 2 heterocycles. The predicted octanol–water partition coefficient (Wildman–Crippen LogP) is -0.0800. The van der Waals surface area contributed by atoms with E-state index in [-0.39, 0.29) is 11.9 Å². The zero-order chi connectivity index (χ0) is 13.8. The Labute approximate surface area is 112 Å². The monoisotopic (exact) mass is 265 g/mol. The summed E-state index contributed by atoms with van der Waals surface area (Å²) in [6, 6.07) is 1.49. The van der Waals surface area contributed by atoms with Gasteiger partial charge in [0, 0.05) is 26.3 Å². The number of nitrogens with zero attached hydrogens (tertiary/aromatic N) is 3. The molecule has 7 nitrogen and oxygen atoms in total. The van der Waals surface area contributed by atoms with Crippen LogP contribution in [-0.4, -0.2) is 42.1 Å². The van der Waals surface area contributed by atoms with Gasteiger partial charge in [0.05, 0.1) is 0 Å². The fraction of sp³-hybridized carbons (Fsp3) is 0.583. The average molecular weight is 265 g/mol. The number of nitrogen functional groups attached to an aromatic ring is 1. The van der Waals surface area contributed by atoms with E-state index in [9.17, 15) is 4.79 Å². The van der Waals surface area contributed by atoms with Crippen molar-refractivity contribution in [3.63, 3.8) is 0 Å². The fourth-order valence-corrected chi connectivity index (χ4v) is 2.24. The highest BCUT2D eigenvalue weighted by atomic mass is 16.5. The number of carbonyl (C=O) groups is 1. The molecule has 1 aromatic heterocycles. The lowest BCUT2D eigenvalue weighted by molar-refractivity contribution is -0.123. The van der Waals surface area contributed by atoms with Crippen LogP contribution in [0.5, 0.6) is 0 Å². The summed E-state index contributed by atoms with van der Waals surface area (Å²) in [4.78, 5) is 22.3. The highest BCUT2D eigenvalue weighted by Crippen LogP contribution is 2.20. The molecule has 1 aliphatic rings. The van der Waals surface area contributed by atoms with Crippen molar-refractivity contribution in [3.8, 4) is 0 Å². The lowest BCUT2D eigenvalue weighted by Gasteiger charge is -2.35. The largest absolute Gasteiger partial charge is 0.384 e. The lowest BCUT2D eigenvalue weighted by atomic mass is 10.1. The van der Waals surface area contributed by atoms with Crippen molar-refractivity contribution in [1.82, 2.24) is 15.3 Å². The molecule has 0 aliphatic carbocycles. The van der Waals surface area contributed by atoms with E-state index in [0.717, 1.165) is 6.42 Å². The Kier molecular flexibility index (Phi) is 4.16. The van der Waals surface area contributed by atoms with Crippen LogP contribution in [0.2, 0.25) is 0 Å². The van der Waals surface area contributed by atoms with Gasteiger partial charge in [0.15, 0.2) is 5.82 Å². The Morgan fingerprint density at radius 1 is 1.58 bits per heavy atom. The van der Waals surface area contributed by atoms with Crippen LogP contribution in [0.15, 0.2) is 6.07 Å². The highest BCUT2D eigenvalue weighted by Gasteiger charge is 2.29. The number of carbonyl (C=O) groups excluding carboxylic acids is 1. The van der Waals surface area contributed by atoms with E-state index in [1.54, 1.807) is 13.2 Å². The molecule has 0 bridgehead atoms. The van der Waals surface area contributed by atoms with Gasteiger partial charge in [-0.15, -0.1) is 0 Å². The van der Waals surface area contributed by atoms with Crippen molar-refractivity contribution in [2.24, 2.45) is 0 Å². The van der Waals surface area contributed by atoms with E-state index in [2.05, 4.69) is 15.3 Å². The maximum atomic E-state index is 11.9. The van der Waals surface area contributed by atoms with Crippen LogP contribution in [0.3, 0.4) is 0 Å². The Bertz CT molecular complexity index is 465. The zero-order valence-electron chi connectivity index (χ0n) is 11.2. The summed E-state index contributed by atoms with van der Waals surface area (Å²) in [5, 5.41) is 2.86. The topological polar surface area (TPSA) is 93.4 Å². The summed E-state index contributed by atoms with van der Waals surface area (Å²) in [7, 11) is 1.58. The second-order valence-corrected chi connectivity index (χ2v) is 4.41. The van der Waals surface area contributed by atoms with E-state index in [0.29, 0.717) is 37.2 Å². The van der Waals surface area contributed by atoms with E-state index in [4.69, 9.17) is 10.5 Å². The number of nitrogens with two attached hydrogens (primary N) is 1. The van der Waals surface area contributed by atoms with Crippen LogP contribution in [0.1, 0.15) is 19.2 Å². The van der Waals surface area contributed by atoms with Crippen LogP contribution >= 0.6 is 0 Å². The molecule has 1 aliphatic heterocycles. The minimum atomic E-state index is -0.210. The Balaban J connectivity index is 2.31. The van der Waals surface area contributed by atoms with E-state index in [1.807, 2.05) is 11.8 Å². The van der Waals surface area contributed by atoms with Gasteiger partial charge in [-0.2, -0.15) is 0 Å². The molecule has 1 fully saturated rings. The molecular weight excluding hydrogens is 246 g/mol. The maximum Gasteiger partial charge on any atom is 0.242 e. The summed E-state index contributed by atoms with van der Waals surface area (Å²) in [6.45, 7) is 3.60. The summed E-state index contributed by atoms with van der Waals surface area (Å²) in [5.41, 5.74) is 5.78. The molecule has 1 aromatic rings. The van der Waals surface area contributed by atoms with Gasteiger partial charge in [0.2, 0.25) is 5.91 Å². The number of hydrogen-bond donors (Lipinski definition) is 2. The maximum absolute atomic E-state index is 11.9. The van der Waals surface area contributed by atoms with Gasteiger partial charge in [-0.05, 0) is 6.42 Å². The number of piperazine rings is 1. The number of aromatic nitrogens is 2. The molecule has 2 rings (SSSR count). The normalized spacial score (nSPS) is 19.4. The first-order chi connectivity index (χ1) is 9.15. The molecule has 104 valence electrons. The van der Waals surface area contributed by atoms with Crippen molar-refractivity contribution in [2.45, 2.75) is 26.0 Å². The van der Waals surface area contributed by atoms with Gasteiger partial charge in [0.25, 0.3) is 0 Å². The number of hydrogen-bond acceptors (Lipinski definition) is 6. The second-order valence-electron chi connectivity index (χ2n) is 4.41. The summed E-state index contributed by atoms with van der Waals surface area (Å²) < 4.78 is 5.02. The minimum Gasteiger partial charge on any atom is -0.384 e. The Morgan fingerprint density at radius 2 is 2.37 bits per heavy atom. The Hall–Kier alpha value is -1.89. The van der Waals surface area contributed by atoms with Crippen LogP contribution in [0.4, 0.5) is 11.6 Å². The lowest BCUT2D eigenvalue weighted by Crippen LogP contribution is -2.55. The number of ether oxygens (including phenoxy) is 1. The van der Waals surface area contributed by atoms with Gasteiger partial charge in [-0.3, -0.25) is 4.79 Å². The smallest absolute Gasteiger partial charge is 0.242 e. The SMILES string of the molecule is CCC1C(=O)NCCN1c1cc(N)nc(COC)n1. The fourth-order valence-electron chi connectivity index (χ4n) is 2.24. The third-order valence-electron chi connectivity index (χ3n) is 3.06. The molecule has 1 amide bonds. The first-order valence-electron chi connectivity index (χ1n) is 6.32. The van der Waals surface area contributed by atoms with Crippen molar-refractivity contribution in [2.75, 3.05) is 30.8 Å². The zero-order valence-corrected chi connectivity index (χ0v) is 11.2. The number of methoxy groups -OCH3 is 1. The minimum absolute atomic E-state index is 0.0271. The molecule has 1 atom stereocenters. The molecule has 0 radical (unpaired) electrons. The molecule has 1 saturated heterocycles. The van der Waals surface area contributed by atoms with Crippen LogP contribution in [0, 0.1) is 0 Å².